The Morgan fingerprint density at radius 2 is 1.70 bits per heavy atom. The molecule has 0 saturated carbocycles. The monoisotopic (exact) mass is 608 g/mol. The van der Waals surface area contributed by atoms with Gasteiger partial charge < -0.3 is 9.50 Å². The minimum Gasteiger partial charge on any atom is -0.377 e. The molecule has 0 fully saturated rings. The predicted molar refractivity (Wildman–Crippen MR) is 135 cm³/mol. The molecule has 0 aliphatic rings. The molecule has 1 amide bonds. The highest BCUT2D eigenvalue weighted by Crippen LogP contribution is 2.37. The summed E-state index contributed by atoms with van der Waals surface area (Å²) in [6.07, 6.45) is 1.39. The van der Waals surface area contributed by atoms with E-state index in [-0.39, 0.29) is 16.2 Å². The molecule has 10 heteroatoms. The van der Waals surface area contributed by atoms with Crippen molar-refractivity contribution < 1.29 is 17.4 Å². The van der Waals surface area contributed by atoms with Gasteiger partial charge in [-0.15, -0.1) is 0 Å². The number of carbonyl (C=O) groups is 1. The van der Waals surface area contributed by atoms with Gasteiger partial charge in [0.15, 0.2) is 5.75 Å². The van der Waals surface area contributed by atoms with E-state index in [1.165, 1.54) is 42.5 Å². The summed E-state index contributed by atoms with van der Waals surface area (Å²) in [5, 5.41) is 12.6. The number of nitriles is 1. The number of amides is 1. The number of nitrogens with zero attached hydrogens (tertiary/aromatic N) is 1. The fourth-order valence-electron chi connectivity index (χ4n) is 2.72. The molecular formula is C23H15Br2ClN2O4S. The first-order valence-electron chi connectivity index (χ1n) is 9.28. The van der Waals surface area contributed by atoms with Crippen LogP contribution in [0.2, 0.25) is 5.02 Å². The number of carbonyl (C=O) groups excluding carboxylic acids is 1. The molecule has 0 spiro atoms. The second kappa shape index (κ2) is 10.5. The molecule has 0 saturated heterocycles. The van der Waals surface area contributed by atoms with Crippen LogP contribution in [0, 0.1) is 18.3 Å². The predicted octanol–water partition coefficient (Wildman–Crippen LogP) is 6.49. The molecular weight excluding hydrogens is 596 g/mol. The maximum atomic E-state index is 12.6. The summed E-state index contributed by atoms with van der Waals surface area (Å²) in [5.74, 6) is -0.547. The number of hydrogen-bond donors (Lipinski definition) is 1. The lowest BCUT2D eigenvalue weighted by Crippen LogP contribution is -2.14. The fourth-order valence-corrected chi connectivity index (χ4v) is 5.41. The normalized spacial score (nSPS) is 11.5. The molecule has 0 atom stereocenters. The summed E-state index contributed by atoms with van der Waals surface area (Å²) in [6, 6.07) is 17.7. The lowest BCUT2D eigenvalue weighted by atomic mass is 10.1. The van der Waals surface area contributed by atoms with Crippen molar-refractivity contribution in [3.05, 3.63) is 91.3 Å². The van der Waals surface area contributed by atoms with E-state index < -0.39 is 16.0 Å². The topological polar surface area (TPSA) is 96.3 Å². The van der Waals surface area contributed by atoms with E-state index in [1.54, 1.807) is 12.1 Å². The number of aryl methyl sites for hydroxylation is 1. The van der Waals surface area contributed by atoms with Gasteiger partial charge in [0.25, 0.3) is 5.91 Å². The van der Waals surface area contributed by atoms with Crippen molar-refractivity contribution in [2.24, 2.45) is 0 Å². The Kier molecular flexibility index (Phi) is 7.97. The first-order chi connectivity index (χ1) is 15.6. The Morgan fingerprint density at radius 1 is 1.09 bits per heavy atom. The van der Waals surface area contributed by atoms with Gasteiger partial charge in [0.2, 0.25) is 0 Å². The van der Waals surface area contributed by atoms with Crippen molar-refractivity contribution >= 4 is 71.2 Å². The fraction of sp³-hybridized carbons (Fsp3) is 0.0435. The average molecular weight is 611 g/mol. The molecule has 168 valence electrons. The van der Waals surface area contributed by atoms with Gasteiger partial charge in [-0.2, -0.15) is 13.7 Å². The minimum absolute atomic E-state index is 0.0185. The first kappa shape index (κ1) is 25.0. The number of benzene rings is 3. The number of anilines is 1. The maximum absolute atomic E-state index is 12.6. The van der Waals surface area contributed by atoms with Crippen LogP contribution in [0.4, 0.5) is 5.69 Å². The standard InChI is InChI=1S/C23H15Br2ClN2O4S/c1-14-4-2-3-5-21(14)28-23(29)16(13-27)10-15-11-19(24)22(20(25)12-15)32-33(30,31)18-8-6-17(26)7-9-18/h2-12H,1H3,(H,28,29)/b16-10+. The Labute approximate surface area is 213 Å². The van der Waals surface area contributed by atoms with E-state index in [0.717, 1.165) is 5.56 Å². The zero-order chi connectivity index (χ0) is 24.2. The second-order valence-electron chi connectivity index (χ2n) is 6.74. The summed E-state index contributed by atoms with van der Waals surface area (Å²) in [4.78, 5) is 12.5. The Morgan fingerprint density at radius 3 is 2.27 bits per heavy atom. The largest absolute Gasteiger partial charge is 0.377 e. The van der Waals surface area contributed by atoms with Gasteiger partial charge in [0.1, 0.15) is 16.5 Å². The van der Waals surface area contributed by atoms with Crippen LogP contribution in [-0.2, 0) is 14.9 Å². The second-order valence-corrected chi connectivity index (χ2v) is 10.4. The van der Waals surface area contributed by atoms with E-state index in [4.69, 9.17) is 15.8 Å². The summed E-state index contributed by atoms with van der Waals surface area (Å²) in [6.45, 7) is 1.84. The quantitative estimate of drug-likeness (QED) is 0.196. The molecule has 3 aromatic carbocycles. The van der Waals surface area contributed by atoms with Gasteiger partial charge >= 0.3 is 10.1 Å². The third-order valence-electron chi connectivity index (χ3n) is 4.39. The van der Waals surface area contributed by atoms with Crippen LogP contribution in [0.3, 0.4) is 0 Å². The summed E-state index contributed by atoms with van der Waals surface area (Å²) in [5.41, 5.74) is 1.81. The zero-order valence-corrected chi connectivity index (χ0v) is 21.7. The van der Waals surface area contributed by atoms with E-state index in [1.807, 2.05) is 25.1 Å². The van der Waals surface area contributed by atoms with Gasteiger partial charge in [-0.1, -0.05) is 29.8 Å². The van der Waals surface area contributed by atoms with Crippen molar-refractivity contribution in [1.29, 1.82) is 5.26 Å². The first-order valence-corrected chi connectivity index (χ1v) is 12.7. The van der Waals surface area contributed by atoms with Crippen LogP contribution in [0.1, 0.15) is 11.1 Å². The van der Waals surface area contributed by atoms with E-state index in [0.29, 0.717) is 25.2 Å². The van der Waals surface area contributed by atoms with Crippen molar-refractivity contribution in [2.45, 2.75) is 11.8 Å². The van der Waals surface area contributed by atoms with Crippen molar-refractivity contribution in [3.8, 4) is 11.8 Å². The van der Waals surface area contributed by atoms with Crippen LogP contribution in [0.15, 0.2) is 80.1 Å². The third kappa shape index (κ3) is 6.24. The SMILES string of the molecule is Cc1ccccc1NC(=O)/C(C#N)=C/c1cc(Br)c(OS(=O)(=O)c2ccc(Cl)cc2)c(Br)c1. The molecule has 6 nitrogen and oxygen atoms in total. The summed E-state index contributed by atoms with van der Waals surface area (Å²) < 4.78 is 31.1. The maximum Gasteiger partial charge on any atom is 0.339 e. The number of para-hydroxylation sites is 1. The smallest absolute Gasteiger partial charge is 0.339 e. The Bertz CT molecular complexity index is 1380. The number of nitrogens with one attached hydrogen (secondary N) is 1. The number of rotatable bonds is 6. The number of halogens is 3. The molecule has 0 aromatic heterocycles. The molecule has 0 aliphatic carbocycles. The highest BCUT2D eigenvalue weighted by Gasteiger charge is 2.21. The molecule has 0 unspecified atom stereocenters. The summed E-state index contributed by atoms with van der Waals surface area (Å²) >= 11 is 12.4. The van der Waals surface area contributed by atoms with Gasteiger partial charge in [0, 0.05) is 10.7 Å². The molecule has 0 heterocycles. The zero-order valence-electron chi connectivity index (χ0n) is 17.0. The van der Waals surface area contributed by atoms with E-state index in [9.17, 15) is 18.5 Å². The lowest BCUT2D eigenvalue weighted by molar-refractivity contribution is -0.112. The minimum atomic E-state index is -4.12. The Balaban J connectivity index is 1.87. The highest BCUT2D eigenvalue weighted by molar-refractivity contribution is 9.11. The lowest BCUT2D eigenvalue weighted by Gasteiger charge is -2.12. The van der Waals surface area contributed by atoms with Gasteiger partial charge in [-0.3, -0.25) is 4.79 Å². The molecule has 1 N–H and O–H groups in total. The van der Waals surface area contributed by atoms with Gasteiger partial charge in [-0.05, 0) is 98.5 Å². The van der Waals surface area contributed by atoms with E-state index >= 15 is 0 Å². The van der Waals surface area contributed by atoms with E-state index in [2.05, 4.69) is 37.2 Å². The number of hydrogen-bond acceptors (Lipinski definition) is 5. The van der Waals surface area contributed by atoms with Crippen LogP contribution >= 0.6 is 43.5 Å². The van der Waals surface area contributed by atoms with Crippen molar-refractivity contribution in [1.82, 2.24) is 0 Å². The summed E-state index contributed by atoms with van der Waals surface area (Å²) in [7, 11) is -4.12. The van der Waals surface area contributed by atoms with Crippen LogP contribution < -0.4 is 9.50 Å². The van der Waals surface area contributed by atoms with Crippen LogP contribution in [-0.4, -0.2) is 14.3 Å². The average Bonchev–Trinajstić information content (AvgIpc) is 2.76. The van der Waals surface area contributed by atoms with Crippen LogP contribution in [0.25, 0.3) is 6.08 Å². The molecule has 0 bridgehead atoms. The molecule has 3 rings (SSSR count). The van der Waals surface area contributed by atoms with Crippen molar-refractivity contribution in [2.75, 3.05) is 5.32 Å². The third-order valence-corrected chi connectivity index (χ3v) is 7.05. The van der Waals surface area contributed by atoms with Crippen LogP contribution in [0.5, 0.6) is 5.75 Å². The Hall–Kier alpha value is -2.64. The van der Waals surface area contributed by atoms with Crippen molar-refractivity contribution in [3.63, 3.8) is 0 Å². The molecule has 0 radical (unpaired) electrons. The van der Waals surface area contributed by atoms with Gasteiger partial charge in [0.05, 0.1) is 8.95 Å². The molecule has 33 heavy (non-hydrogen) atoms. The highest BCUT2D eigenvalue weighted by atomic mass is 79.9. The molecule has 3 aromatic rings. The molecule has 0 aliphatic heterocycles. The van der Waals surface area contributed by atoms with Gasteiger partial charge in [-0.25, -0.2) is 0 Å².